The van der Waals surface area contributed by atoms with Crippen molar-refractivity contribution in [2.75, 3.05) is 5.75 Å². The summed E-state index contributed by atoms with van der Waals surface area (Å²) in [6, 6.07) is 3.59. The Morgan fingerprint density at radius 3 is 2.88 bits per heavy atom. The third-order valence-electron chi connectivity index (χ3n) is 4.59. The molecule has 0 atom stereocenters. The normalized spacial score (nSPS) is 14.5. The molecule has 2 aromatic rings. The Balaban J connectivity index is 1.86. The molecule has 0 bridgehead atoms. The summed E-state index contributed by atoms with van der Waals surface area (Å²) < 4.78 is 34.3. The van der Waals surface area contributed by atoms with Gasteiger partial charge in [0.1, 0.15) is 5.76 Å². The molecule has 0 unspecified atom stereocenters. The van der Waals surface area contributed by atoms with Crippen LogP contribution in [0, 0.1) is 0 Å². The van der Waals surface area contributed by atoms with Gasteiger partial charge in [-0.15, -0.1) is 0 Å². The van der Waals surface area contributed by atoms with E-state index in [1.54, 1.807) is 12.3 Å². The molecule has 24 heavy (non-hydrogen) atoms. The second-order valence-corrected chi connectivity index (χ2v) is 8.45. The number of aromatic nitrogens is 2. The molecule has 2 heterocycles. The first-order chi connectivity index (χ1) is 11.5. The van der Waals surface area contributed by atoms with Gasteiger partial charge in [0.15, 0.2) is 0 Å². The van der Waals surface area contributed by atoms with E-state index in [0.717, 1.165) is 31.4 Å². The largest absolute Gasteiger partial charge is 0.468 e. The van der Waals surface area contributed by atoms with E-state index in [2.05, 4.69) is 5.10 Å². The van der Waals surface area contributed by atoms with Crippen LogP contribution in [0.2, 0.25) is 0 Å². The van der Waals surface area contributed by atoms with Crippen molar-refractivity contribution >= 4 is 10.0 Å². The minimum Gasteiger partial charge on any atom is -0.468 e. The van der Waals surface area contributed by atoms with Crippen molar-refractivity contribution in [2.24, 2.45) is 7.05 Å². The summed E-state index contributed by atoms with van der Waals surface area (Å²) in [6.07, 6.45) is 6.23. The minimum atomic E-state index is -3.34. The number of sulfonamides is 1. The van der Waals surface area contributed by atoms with Crippen LogP contribution >= 0.6 is 0 Å². The molecular weight excluding hydrogens is 326 g/mol. The predicted octanol–water partition coefficient (Wildman–Crippen LogP) is 2.63. The van der Waals surface area contributed by atoms with Crippen LogP contribution in [0.1, 0.15) is 48.9 Å². The lowest BCUT2D eigenvalue weighted by Gasteiger charge is -2.20. The standard InChI is InChI=1S/C17H25N3O3S/c1-3-4-11-24(21,22)20(12-14-7-6-10-23-14)13-16-15-8-5-9-17(15)19(2)18-16/h6-7,10H,3-5,8-9,11-13H2,1-2H3. The zero-order valence-corrected chi connectivity index (χ0v) is 15.2. The molecule has 2 aromatic heterocycles. The molecule has 0 amide bonds. The molecule has 1 aliphatic rings. The van der Waals surface area contributed by atoms with Gasteiger partial charge >= 0.3 is 0 Å². The lowest BCUT2D eigenvalue weighted by Crippen LogP contribution is -2.32. The summed E-state index contributed by atoms with van der Waals surface area (Å²) in [5, 5.41) is 4.58. The van der Waals surface area contributed by atoms with E-state index in [1.165, 1.54) is 15.6 Å². The van der Waals surface area contributed by atoms with Crippen LogP contribution in [0.4, 0.5) is 0 Å². The summed E-state index contributed by atoms with van der Waals surface area (Å²) in [5.41, 5.74) is 3.36. The van der Waals surface area contributed by atoms with Gasteiger partial charge in [0, 0.05) is 12.7 Å². The third kappa shape index (κ3) is 3.57. The van der Waals surface area contributed by atoms with Crippen LogP contribution in [-0.2, 0) is 43.0 Å². The summed E-state index contributed by atoms with van der Waals surface area (Å²) in [6.45, 7) is 2.57. The second kappa shape index (κ2) is 7.11. The van der Waals surface area contributed by atoms with Crippen LogP contribution in [0.25, 0.3) is 0 Å². The monoisotopic (exact) mass is 351 g/mol. The van der Waals surface area contributed by atoms with E-state index < -0.39 is 10.0 Å². The maximum absolute atomic E-state index is 12.8. The van der Waals surface area contributed by atoms with Crippen LogP contribution < -0.4 is 0 Å². The van der Waals surface area contributed by atoms with Gasteiger partial charge in [-0.05, 0) is 43.4 Å². The molecule has 0 saturated carbocycles. The summed E-state index contributed by atoms with van der Waals surface area (Å²) in [7, 11) is -1.40. The molecule has 3 rings (SSSR count). The molecule has 0 aliphatic heterocycles. The third-order valence-corrected chi connectivity index (χ3v) is 6.44. The zero-order chi connectivity index (χ0) is 17.2. The highest BCUT2D eigenvalue weighted by atomic mass is 32.2. The van der Waals surface area contributed by atoms with E-state index in [9.17, 15) is 8.42 Å². The SMILES string of the molecule is CCCCS(=O)(=O)N(Cc1ccco1)Cc1nn(C)c2c1CCC2. The van der Waals surface area contributed by atoms with Gasteiger partial charge in [-0.1, -0.05) is 13.3 Å². The number of aryl methyl sites for hydroxylation is 1. The van der Waals surface area contributed by atoms with E-state index in [1.807, 2.05) is 24.7 Å². The lowest BCUT2D eigenvalue weighted by molar-refractivity contribution is 0.353. The Kier molecular flexibility index (Phi) is 5.10. The lowest BCUT2D eigenvalue weighted by atomic mass is 10.2. The van der Waals surface area contributed by atoms with Gasteiger partial charge in [-0.25, -0.2) is 8.42 Å². The van der Waals surface area contributed by atoms with Gasteiger partial charge in [0.2, 0.25) is 10.0 Å². The van der Waals surface area contributed by atoms with Crippen molar-refractivity contribution < 1.29 is 12.8 Å². The van der Waals surface area contributed by atoms with Gasteiger partial charge in [0.25, 0.3) is 0 Å². The van der Waals surface area contributed by atoms with Crippen molar-refractivity contribution in [1.82, 2.24) is 14.1 Å². The number of rotatable bonds is 8. The molecule has 0 spiro atoms. The molecule has 0 fully saturated rings. The molecule has 132 valence electrons. The number of hydrogen-bond donors (Lipinski definition) is 0. The Bertz CT molecular complexity index is 778. The first kappa shape index (κ1) is 17.2. The molecule has 6 nitrogen and oxygen atoms in total. The van der Waals surface area contributed by atoms with Crippen LogP contribution in [0.3, 0.4) is 0 Å². The van der Waals surface area contributed by atoms with E-state index in [-0.39, 0.29) is 12.3 Å². The fourth-order valence-corrected chi connectivity index (χ4v) is 4.83. The molecule has 0 saturated heterocycles. The Labute approximate surface area is 143 Å². The maximum atomic E-state index is 12.8. The predicted molar refractivity (Wildman–Crippen MR) is 91.9 cm³/mol. The first-order valence-corrected chi connectivity index (χ1v) is 10.2. The number of hydrogen-bond acceptors (Lipinski definition) is 4. The fourth-order valence-electron chi connectivity index (χ4n) is 3.28. The number of nitrogens with zero attached hydrogens (tertiary/aromatic N) is 3. The van der Waals surface area contributed by atoms with Crippen LogP contribution in [0.15, 0.2) is 22.8 Å². The number of fused-ring (bicyclic) bond motifs is 1. The van der Waals surface area contributed by atoms with Gasteiger partial charge in [0.05, 0.1) is 30.8 Å². The molecular formula is C17H25N3O3S. The maximum Gasteiger partial charge on any atom is 0.214 e. The van der Waals surface area contributed by atoms with Crippen molar-refractivity contribution in [2.45, 2.75) is 52.1 Å². The molecule has 0 aromatic carbocycles. The zero-order valence-electron chi connectivity index (χ0n) is 14.4. The van der Waals surface area contributed by atoms with Crippen molar-refractivity contribution in [3.63, 3.8) is 0 Å². The van der Waals surface area contributed by atoms with Crippen molar-refractivity contribution in [3.05, 3.63) is 41.1 Å². The highest BCUT2D eigenvalue weighted by Gasteiger charge is 2.28. The van der Waals surface area contributed by atoms with E-state index in [0.29, 0.717) is 18.7 Å². The summed E-state index contributed by atoms with van der Waals surface area (Å²) >= 11 is 0. The number of unbranched alkanes of at least 4 members (excludes halogenated alkanes) is 1. The highest BCUT2D eigenvalue weighted by molar-refractivity contribution is 7.89. The van der Waals surface area contributed by atoms with Crippen molar-refractivity contribution in [3.8, 4) is 0 Å². The Hall–Kier alpha value is -1.60. The molecule has 0 radical (unpaired) electrons. The quantitative estimate of drug-likeness (QED) is 0.733. The van der Waals surface area contributed by atoms with Crippen molar-refractivity contribution in [1.29, 1.82) is 0 Å². The smallest absolute Gasteiger partial charge is 0.214 e. The van der Waals surface area contributed by atoms with E-state index in [4.69, 9.17) is 4.42 Å². The van der Waals surface area contributed by atoms with E-state index >= 15 is 0 Å². The van der Waals surface area contributed by atoms with Crippen LogP contribution in [0.5, 0.6) is 0 Å². The number of furan rings is 1. The highest BCUT2D eigenvalue weighted by Crippen LogP contribution is 2.27. The Morgan fingerprint density at radius 1 is 1.33 bits per heavy atom. The van der Waals surface area contributed by atoms with Crippen LogP contribution in [-0.4, -0.2) is 28.3 Å². The van der Waals surface area contributed by atoms with Gasteiger partial charge in [-0.3, -0.25) is 4.68 Å². The topological polar surface area (TPSA) is 68.3 Å². The second-order valence-electron chi connectivity index (χ2n) is 6.37. The molecule has 0 N–H and O–H groups in total. The summed E-state index contributed by atoms with van der Waals surface area (Å²) in [4.78, 5) is 0. The fraction of sp³-hybridized carbons (Fsp3) is 0.588. The minimum absolute atomic E-state index is 0.166. The van der Waals surface area contributed by atoms with Gasteiger partial charge < -0.3 is 4.42 Å². The molecule has 7 heteroatoms. The Morgan fingerprint density at radius 2 is 2.17 bits per heavy atom. The summed E-state index contributed by atoms with van der Waals surface area (Å²) in [5.74, 6) is 0.821. The average molecular weight is 351 g/mol. The molecule has 1 aliphatic carbocycles. The van der Waals surface area contributed by atoms with Gasteiger partial charge in [-0.2, -0.15) is 9.40 Å². The average Bonchev–Trinajstić information content (AvgIpc) is 3.26. The first-order valence-electron chi connectivity index (χ1n) is 8.55.